The first-order chi connectivity index (χ1) is 25.5. The number of amides is 1. The number of anilines is 1. The predicted octanol–water partition coefficient (Wildman–Crippen LogP) is 7.11. The Hall–Kier alpha value is -4.48. The number of aliphatic hydroxyl groups is 1. The van der Waals surface area contributed by atoms with Crippen molar-refractivity contribution in [3.63, 3.8) is 0 Å². The van der Waals surface area contributed by atoms with Crippen molar-refractivity contribution in [3.8, 4) is 17.2 Å². The Bertz CT molecular complexity index is 1710. The molecule has 2 aliphatic rings. The smallest absolute Gasteiger partial charge is 0.410 e. The maximum absolute atomic E-state index is 13.3. The van der Waals surface area contributed by atoms with E-state index in [1.54, 1.807) is 13.2 Å². The van der Waals surface area contributed by atoms with Gasteiger partial charge in [0.2, 0.25) is 0 Å². The number of hydrogen-bond donors (Lipinski definition) is 1. The Labute approximate surface area is 310 Å². The van der Waals surface area contributed by atoms with E-state index < -0.39 is 18.3 Å². The molecular formula is C41H47ClN2O8. The minimum atomic E-state index is -0.884. The number of likely N-dealkylation sites (tertiary alicyclic amines) is 1. The van der Waals surface area contributed by atoms with Crippen LogP contribution in [-0.4, -0.2) is 88.0 Å². The van der Waals surface area contributed by atoms with Gasteiger partial charge in [-0.1, -0.05) is 72.3 Å². The van der Waals surface area contributed by atoms with E-state index in [1.165, 1.54) is 4.90 Å². The lowest BCUT2D eigenvalue weighted by Crippen LogP contribution is -2.53. The molecule has 52 heavy (non-hydrogen) atoms. The normalized spacial score (nSPS) is 18.3. The Morgan fingerprint density at radius 1 is 0.865 bits per heavy atom. The molecule has 10 nitrogen and oxygen atoms in total. The van der Waals surface area contributed by atoms with Crippen molar-refractivity contribution in [3.05, 3.63) is 119 Å². The number of hydrogen-bond acceptors (Lipinski definition) is 9. The summed E-state index contributed by atoms with van der Waals surface area (Å²) in [5, 5.41) is 12.1. The molecule has 11 heteroatoms. The summed E-state index contributed by atoms with van der Waals surface area (Å²) in [6, 6.07) is 30.7. The molecule has 4 aromatic carbocycles. The Morgan fingerprint density at radius 2 is 1.65 bits per heavy atom. The van der Waals surface area contributed by atoms with E-state index in [-0.39, 0.29) is 32.2 Å². The van der Waals surface area contributed by atoms with Gasteiger partial charge < -0.3 is 43.3 Å². The molecule has 2 heterocycles. The van der Waals surface area contributed by atoms with Crippen LogP contribution in [0, 0.1) is 0 Å². The average Bonchev–Trinajstić information content (AvgIpc) is 3.17. The molecule has 0 unspecified atom stereocenters. The zero-order chi connectivity index (χ0) is 36.1. The zero-order valence-corrected chi connectivity index (χ0v) is 30.3. The van der Waals surface area contributed by atoms with Crippen LogP contribution in [0.5, 0.6) is 17.2 Å². The van der Waals surface area contributed by atoms with Crippen LogP contribution in [0.4, 0.5) is 10.5 Å². The summed E-state index contributed by atoms with van der Waals surface area (Å²) in [6.07, 6.45) is -0.289. The number of carbonyl (C=O) groups excluding carboxylic acids is 1. The molecule has 276 valence electrons. The van der Waals surface area contributed by atoms with Gasteiger partial charge in [0.25, 0.3) is 0 Å². The van der Waals surface area contributed by atoms with Crippen molar-refractivity contribution < 1.29 is 38.3 Å². The zero-order valence-electron chi connectivity index (χ0n) is 29.5. The highest BCUT2D eigenvalue weighted by Gasteiger charge is 2.40. The van der Waals surface area contributed by atoms with E-state index in [1.807, 2.05) is 84.9 Å². The maximum atomic E-state index is 13.3. The van der Waals surface area contributed by atoms with Crippen molar-refractivity contribution >= 4 is 23.4 Å². The molecule has 0 aliphatic carbocycles. The van der Waals surface area contributed by atoms with Crippen LogP contribution in [0.2, 0.25) is 5.02 Å². The summed E-state index contributed by atoms with van der Waals surface area (Å²) in [6.45, 7) is 4.75. The molecule has 1 fully saturated rings. The van der Waals surface area contributed by atoms with Gasteiger partial charge in [-0.15, -0.1) is 0 Å². The van der Waals surface area contributed by atoms with E-state index >= 15 is 0 Å². The van der Waals surface area contributed by atoms with E-state index in [0.29, 0.717) is 49.4 Å². The van der Waals surface area contributed by atoms with Gasteiger partial charge in [0.05, 0.1) is 62.4 Å². The highest BCUT2D eigenvalue weighted by atomic mass is 35.5. The van der Waals surface area contributed by atoms with Crippen LogP contribution in [0.15, 0.2) is 97.1 Å². The van der Waals surface area contributed by atoms with Crippen LogP contribution in [0.25, 0.3) is 0 Å². The molecule has 1 N–H and O–H groups in total. The number of rotatable bonds is 16. The third-order valence-corrected chi connectivity index (χ3v) is 9.54. The summed E-state index contributed by atoms with van der Waals surface area (Å²) in [4.78, 5) is 17.1. The molecule has 6 rings (SSSR count). The lowest BCUT2D eigenvalue weighted by Gasteiger charge is -2.41. The van der Waals surface area contributed by atoms with Crippen LogP contribution >= 0.6 is 11.6 Å². The number of ether oxygens (including phenoxy) is 6. The van der Waals surface area contributed by atoms with Gasteiger partial charge in [0.1, 0.15) is 30.5 Å². The summed E-state index contributed by atoms with van der Waals surface area (Å²) >= 11 is 6.18. The first kappa shape index (κ1) is 37.3. The molecule has 0 radical (unpaired) electrons. The molecular weight excluding hydrogens is 684 g/mol. The molecule has 1 saturated heterocycles. The minimum Gasteiger partial charge on any atom is -0.493 e. The SMILES string of the molecule is COCCCN1CCOc2ccc(CO[C@H]3CN(C(=O)OCc4ccccc4)C[C@@H](O)[C@@H]3c3ccc(OCCCOc4ccccc4Cl)cc3)cc21. The van der Waals surface area contributed by atoms with Crippen LogP contribution in [0.3, 0.4) is 0 Å². The number of nitrogens with zero attached hydrogens (tertiary/aromatic N) is 2. The summed E-state index contributed by atoms with van der Waals surface area (Å²) in [5.41, 5.74) is 3.79. The number of piperidine rings is 1. The fourth-order valence-corrected chi connectivity index (χ4v) is 6.76. The largest absolute Gasteiger partial charge is 0.493 e. The summed E-state index contributed by atoms with van der Waals surface area (Å²) < 4.78 is 35.2. The number of β-amino-alcohol motifs (C(OH)–C–C–N with tert-alkyl or cyclic N) is 1. The Kier molecular flexibility index (Phi) is 13.5. The topological polar surface area (TPSA) is 99.2 Å². The molecule has 4 aromatic rings. The molecule has 0 saturated carbocycles. The number of para-hydroxylation sites is 1. The number of fused-ring (bicyclic) bond motifs is 1. The number of aliphatic hydroxyl groups excluding tert-OH is 1. The number of methoxy groups -OCH3 is 1. The van der Waals surface area contributed by atoms with Crippen LogP contribution in [-0.2, 0) is 27.4 Å². The lowest BCUT2D eigenvalue weighted by molar-refractivity contribution is -0.0692. The van der Waals surface area contributed by atoms with Gasteiger partial charge in [0.15, 0.2) is 0 Å². The van der Waals surface area contributed by atoms with Gasteiger partial charge in [-0.25, -0.2) is 4.79 Å². The van der Waals surface area contributed by atoms with E-state index in [0.717, 1.165) is 47.6 Å². The van der Waals surface area contributed by atoms with Crippen LogP contribution < -0.4 is 19.1 Å². The number of halogens is 1. The maximum Gasteiger partial charge on any atom is 0.410 e. The molecule has 0 bridgehead atoms. The van der Waals surface area contributed by atoms with Gasteiger partial charge in [-0.05, 0) is 59.5 Å². The second-order valence-corrected chi connectivity index (χ2v) is 13.3. The average molecular weight is 731 g/mol. The fourth-order valence-electron chi connectivity index (χ4n) is 6.57. The van der Waals surface area contributed by atoms with E-state index in [9.17, 15) is 9.90 Å². The predicted molar refractivity (Wildman–Crippen MR) is 200 cm³/mol. The number of carbonyl (C=O) groups is 1. The van der Waals surface area contributed by atoms with Crippen molar-refractivity contribution in [2.75, 3.05) is 64.6 Å². The van der Waals surface area contributed by atoms with Crippen molar-refractivity contribution in [2.24, 2.45) is 0 Å². The summed E-state index contributed by atoms with van der Waals surface area (Å²) in [5.74, 6) is 1.82. The molecule has 1 amide bonds. The minimum absolute atomic E-state index is 0.119. The van der Waals surface area contributed by atoms with Gasteiger partial charge in [0, 0.05) is 32.6 Å². The Morgan fingerprint density at radius 3 is 2.46 bits per heavy atom. The van der Waals surface area contributed by atoms with Crippen molar-refractivity contribution in [2.45, 2.75) is 44.2 Å². The van der Waals surface area contributed by atoms with Crippen LogP contribution in [0.1, 0.15) is 35.4 Å². The van der Waals surface area contributed by atoms with Gasteiger partial charge in [-0.3, -0.25) is 0 Å². The molecule has 2 aliphatic heterocycles. The fraction of sp³-hybridized carbons (Fsp3) is 0.390. The second-order valence-electron chi connectivity index (χ2n) is 12.9. The Balaban J connectivity index is 1.11. The standard InChI is InChI=1S/C41H47ClN2O8/c1-47-21-7-19-43-20-24-50-38-18-13-31(25-35(38)43)29-51-39-27-44(41(46)52-28-30-9-3-2-4-10-30)26-36(45)40(39)32-14-16-33(17-15-32)48-22-8-23-49-37-12-6-5-11-34(37)42/h2-6,9-18,25,36,39-40,45H,7-8,19-24,26-29H2,1H3/t36-,39+,40+/m1/s1. The lowest BCUT2D eigenvalue weighted by atomic mass is 9.84. The molecule has 3 atom stereocenters. The van der Waals surface area contributed by atoms with Gasteiger partial charge >= 0.3 is 6.09 Å². The quantitative estimate of drug-likeness (QED) is 0.121. The molecule has 0 spiro atoms. The van der Waals surface area contributed by atoms with Gasteiger partial charge in [-0.2, -0.15) is 0 Å². The first-order valence-electron chi connectivity index (χ1n) is 17.8. The van der Waals surface area contributed by atoms with E-state index in [4.69, 9.17) is 40.0 Å². The first-order valence-corrected chi connectivity index (χ1v) is 18.2. The molecule has 0 aromatic heterocycles. The third-order valence-electron chi connectivity index (χ3n) is 9.23. The summed E-state index contributed by atoms with van der Waals surface area (Å²) in [7, 11) is 1.71. The van der Waals surface area contributed by atoms with Crippen molar-refractivity contribution in [1.82, 2.24) is 4.90 Å². The third kappa shape index (κ3) is 10.1. The monoisotopic (exact) mass is 730 g/mol. The van der Waals surface area contributed by atoms with E-state index in [2.05, 4.69) is 11.0 Å². The highest BCUT2D eigenvalue weighted by Crippen LogP contribution is 2.35. The number of benzene rings is 4. The second kappa shape index (κ2) is 18.8. The van der Waals surface area contributed by atoms with Crippen molar-refractivity contribution in [1.29, 1.82) is 0 Å². The highest BCUT2D eigenvalue weighted by molar-refractivity contribution is 6.32.